The Morgan fingerprint density at radius 2 is 2.00 bits per heavy atom. The van der Waals surface area contributed by atoms with Crippen LogP contribution in [0.4, 0.5) is 8.78 Å². The van der Waals surface area contributed by atoms with Gasteiger partial charge in [-0.05, 0) is 25.2 Å². The van der Waals surface area contributed by atoms with Crippen LogP contribution in [-0.4, -0.2) is 12.0 Å². The molecule has 0 bridgehead atoms. The number of pyridine rings is 1. The molecule has 4 heteroatoms. The van der Waals surface area contributed by atoms with Gasteiger partial charge in [0.15, 0.2) is 0 Å². The molecule has 1 heterocycles. The summed E-state index contributed by atoms with van der Waals surface area (Å²) in [4.78, 5) is 4.19. The van der Waals surface area contributed by atoms with Gasteiger partial charge in [0, 0.05) is 29.9 Å². The van der Waals surface area contributed by atoms with Gasteiger partial charge in [-0.2, -0.15) is 0 Å². The number of nitrogens with zero attached hydrogens (tertiary/aromatic N) is 1. The summed E-state index contributed by atoms with van der Waals surface area (Å²) in [6.07, 6.45) is 1.59. The predicted octanol–water partition coefficient (Wildman–Crippen LogP) is 2.75. The van der Waals surface area contributed by atoms with E-state index in [0.29, 0.717) is 17.7 Å². The smallest absolute Gasteiger partial charge is 0.133 e. The number of nitrogens with one attached hydrogen (secondary N) is 1. The topological polar surface area (TPSA) is 24.9 Å². The highest BCUT2D eigenvalue weighted by molar-refractivity contribution is 5.63. The van der Waals surface area contributed by atoms with Crippen LogP contribution in [0.15, 0.2) is 36.5 Å². The number of hydrogen-bond acceptors (Lipinski definition) is 2. The minimum Gasteiger partial charge on any atom is -0.314 e. The van der Waals surface area contributed by atoms with Crippen molar-refractivity contribution in [1.82, 2.24) is 10.3 Å². The largest absolute Gasteiger partial charge is 0.314 e. The van der Waals surface area contributed by atoms with Crippen LogP contribution in [0.1, 0.15) is 5.69 Å². The molecule has 0 aliphatic carbocycles. The number of halogens is 2. The van der Waals surface area contributed by atoms with Crippen LogP contribution in [-0.2, 0) is 6.54 Å². The van der Waals surface area contributed by atoms with E-state index in [0.717, 1.165) is 11.8 Å². The maximum atomic E-state index is 13.5. The van der Waals surface area contributed by atoms with Crippen LogP contribution in [0.5, 0.6) is 0 Å². The van der Waals surface area contributed by atoms with Crippen molar-refractivity contribution in [2.24, 2.45) is 0 Å². The Morgan fingerprint density at radius 1 is 1.18 bits per heavy atom. The van der Waals surface area contributed by atoms with Gasteiger partial charge in [-0.15, -0.1) is 0 Å². The molecule has 0 atom stereocenters. The fraction of sp³-hybridized carbons (Fsp3) is 0.154. The van der Waals surface area contributed by atoms with Gasteiger partial charge in [0.1, 0.15) is 11.6 Å². The monoisotopic (exact) mass is 234 g/mol. The Morgan fingerprint density at radius 3 is 2.59 bits per heavy atom. The van der Waals surface area contributed by atoms with E-state index >= 15 is 0 Å². The zero-order chi connectivity index (χ0) is 12.3. The van der Waals surface area contributed by atoms with Crippen molar-refractivity contribution in [2.45, 2.75) is 6.54 Å². The third-order valence-corrected chi connectivity index (χ3v) is 2.42. The molecule has 2 rings (SSSR count). The van der Waals surface area contributed by atoms with E-state index in [2.05, 4.69) is 10.3 Å². The average Bonchev–Trinajstić information content (AvgIpc) is 2.31. The van der Waals surface area contributed by atoms with Gasteiger partial charge >= 0.3 is 0 Å². The molecule has 0 spiro atoms. The quantitative estimate of drug-likeness (QED) is 0.883. The van der Waals surface area contributed by atoms with E-state index in [1.54, 1.807) is 12.3 Å². The van der Waals surface area contributed by atoms with Gasteiger partial charge in [-0.25, -0.2) is 8.78 Å². The molecule has 2 aromatic rings. The first-order chi connectivity index (χ1) is 8.20. The van der Waals surface area contributed by atoms with Crippen molar-refractivity contribution in [1.29, 1.82) is 0 Å². The van der Waals surface area contributed by atoms with Crippen LogP contribution in [0.25, 0.3) is 11.1 Å². The van der Waals surface area contributed by atoms with Gasteiger partial charge in [0.05, 0.1) is 5.69 Å². The highest BCUT2D eigenvalue weighted by atomic mass is 19.1. The van der Waals surface area contributed by atoms with E-state index in [1.165, 1.54) is 12.1 Å². The predicted molar refractivity (Wildman–Crippen MR) is 62.4 cm³/mol. The maximum Gasteiger partial charge on any atom is 0.133 e. The van der Waals surface area contributed by atoms with E-state index in [9.17, 15) is 8.78 Å². The van der Waals surface area contributed by atoms with Crippen molar-refractivity contribution in [2.75, 3.05) is 7.05 Å². The third kappa shape index (κ3) is 2.65. The lowest BCUT2D eigenvalue weighted by atomic mass is 10.1. The summed E-state index contributed by atoms with van der Waals surface area (Å²) in [5, 5.41) is 2.98. The number of aromatic nitrogens is 1. The lowest BCUT2D eigenvalue weighted by Crippen LogP contribution is -2.06. The van der Waals surface area contributed by atoms with Gasteiger partial charge < -0.3 is 5.32 Å². The third-order valence-electron chi connectivity index (χ3n) is 2.42. The molecule has 88 valence electrons. The molecule has 1 N–H and O–H groups in total. The molecule has 0 amide bonds. The Balaban J connectivity index is 2.33. The molecule has 0 fully saturated rings. The molecule has 0 aliphatic rings. The first kappa shape index (κ1) is 11.7. The molecule has 1 aromatic carbocycles. The van der Waals surface area contributed by atoms with Crippen LogP contribution < -0.4 is 5.32 Å². The molecule has 0 aliphatic heterocycles. The number of benzene rings is 1. The summed E-state index contributed by atoms with van der Waals surface area (Å²) >= 11 is 0. The van der Waals surface area contributed by atoms with Gasteiger partial charge in [-0.1, -0.05) is 6.07 Å². The molecule has 1 aromatic heterocycles. The normalized spacial score (nSPS) is 10.5. The van der Waals surface area contributed by atoms with Gasteiger partial charge in [-0.3, -0.25) is 4.98 Å². The molecule has 0 saturated heterocycles. The zero-order valence-electron chi connectivity index (χ0n) is 9.37. The van der Waals surface area contributed by atoms with Gasteiger partial charge in [0.2, 0.25) is 0 Å². The molecule has 2 nitrogen and oxygen atoms in total. The van der Waals surface area contributed by atoms with Crippen LogP contribution >= 0.6 is 0 Å². The van der Waals surface area contributed by atoms with E-state index in [4.69, 9.17) is 0 Å². The van der Waals surface area contributed by atoms with E-state index in [-0.39, 0.29) is 0 Å². The highest BCUT2D eigenvalue weighted by Gasteiger charge is 2.06. The standard InChI is InChI=1S/C13H12F2N2/c1-16-8-11-4-2-9(7-17-11)12-5-3-10(14)6-13(12)15/h2-7,16H,8H2,1H3. The number of hydrogen-bond donors (Lipinski definition) is 1. The Kier molecular flexibility index (Phi) is 3.44. The first-order valence-corrected chi connectivity index (χ1v) is 5.25. The second-order valence-electron chi connectivity index (χ2n) is 3.69. The fourth-order valence-electron chi connectivity index (χ4n) is 1.59. The van der Waals surface area contributed by atoms with Crippen molar-refractivity contribution in [3.63, 3.8) is 0 Å². The minimum atomic E-state index is -0.578. The lowest BCUT2D eigenvalue weighted by Gasteiger charge is -2.04. The summed E-state index contributed by atoms with van der Waals surface area (Å²) < 4.78 is 26.3. The summed E-state index contributed by atoms with van der Waals surface area (Å²) in [7, 11) is 1.83. The van der Waals surface area contributed by atoms with Crippen molar-refractivity contribution in [3.05, 3.63) is 53.9 Å². The van der Waals surface area contributed by atoms with Crippen molar-refractivity contribution < 1.29 is 8.78 Å². The molecule has 17 heavy (non-hydrogen) atoms. The Labute approximate surface area is 98.3 Å². The second-order valence-corrected chi connectivity index (χ2v) is 3.69. The van der Waals surface area contributed by atoms with E-state index in [1.807, 2.05) is 13.1 Å². The summed E-state index contributed by atoms with van der Waals surface area (Å²) in [5.41, 5.74) is 1.87. The van der Waals surface area contributed by atoms with Crippen LogP contribution in [0.3, 0.4) is 0 Å². The van der Waals surface area contributed by atoms with Crippen molar-refractivity contribution >= 4 is 0 Å². The zero-order valence-corrected chi connectivity index (χ0v) is 9.37. The average molecular weight is 234 g/mol. The summed E-state index contributed by atoms with van der Waals surface area (Å²) in [6, 6.07) is 7.11. The molecular weight excluding hydrogens is 222 g/mol. The molecular formula is C13H12F2N2. The molecule has 0 radical (unpaired) electrons. The minimum absolute atomic E-state index is 0.356. The SMILES string of the molecule is CNCc1ccc(-c2ccc(F)cc2F)cn1. The van der Waals surface area contributed by atoms with Crippen molar-refractivity contribution in [3.8, 4) is 11.1 Å². The maximum absolute atomic E-state index is 13.5. The van der Waals surface area contributed by atoms with Gasteiger partial charge in [0.25, 0.3) is 0 Å². The van der Waals surface area contributed by atoms with E-state index < -0.39 is 11.6 Å². The Bertz CT molecular complexity index is 509. The Hall–Kier alpha value is -1.81. The van der Waals surface area contributed by atoms with Crippen LogP contribution in [0.2, 0.25) is 0 Å². The summed E-state index contributed by atoms with van der Waals surface area (Å²) in [5.74, 6) is -1.15. The lowest BCUT2D eigenvalue weighted by molar-refractivity contribution is 0.585. The second kappa shape index (κ2) is 5.01. The fourth-order valence-corrected chi connectivity index (χ4v) is 1.59. The molecule has 0 unspecified atom stereocenters. The first-order valence-electron chi connectivity index (χ1n) is 5.25. The van der Waals surface area contributed by atoms with Crippen LogP contribution in [0, 0.1) is 11.6 Å². The highest BCUT2D eigenvalue weighted by Crippen LogP contribution is 2.22. The number of rotatable bonds is 3. The summed E-state index contributed by atoms with van der Waals surface area (Å²) in [6.45, 7) is 0.659. The molecule has 0 saturated carbocycles.